The molecule has 0 aliphatic rings. The quantitative estimate of drug-likeness (QED) is 0.641. The van der Waals surface area contributed by atoms with Gasteiger partial charge in [0.15, 0.2) is 0 Å². The summed E-state index contributed by atoms with van der Waals surface area (Å²) in [5.41, 5.74) is 0. The van der Waals surface area contributed by atoms with Crippen LogP contribution < -0.4 is 5.14 Å². The van der Waals surface area contributed by atoms with Crippen molar-refractivity contribution in [3.05, 3.63) is 0 Å². The number of nitrogens with two attached hydrogens (primary N) is 1. The van der Waals surface area contributed by atoms with E-state index in [0.717, 1.165) is 24.8 Å². The Bertz CT molecular complexity index is 104. The summed E-state index contributed by atoms with van der Waals surface area (Å²) in [5, 5.41) is 5.15. The normalized spacial score (nSPS) is 10.4. The monoisotopic (exact) mass is 161 g/mol. The standard InChI is InChI=1S/C7H15NOS/c1-6(2)4-3-5-7(9)10-8/h6H,3-5,8H2,1-2H3. The molecule has 0 atom stereocenters. The van der Waals surface area contributed by atoms with Gasteiger partial charge in [0.2, 0.25) is 5.12 Å². The van der Waals surface area contributed by atoms with Crippen molar-refractivity contribution >= 4 is 17.1 Å². The highest BCUT2D eigenvalue weighted by Crippen LogP contribution is 2.08. The van der Waals surface area contributed by atoms with Gasteiger partial charge in [0.25, 0.3) is 0 Å². The van der Waals surface area contributed by atoms with E-state index < -0.39 is 0 Å². The summed E-state index contributed by atoms with van der Waals surface area (Å²) >= 11 is 0.838. The van der Waals surface area contributed by atoms with Crippen LogP contribution >= 0.6 is 11.9 Å². The fraction of sp³-hybridized carbons (Fsp3) is 0.857. The van der Waals surface area contributed by atoms with Gasteiger partial charge in [0, 0.05) is 6.42 Å². The first kappa shape index (κ1) is 9.98. The minimum Gasteiger partial charge on any atom is -0.286 e. The summed E-state index contributed by atoms with van der Waals surface area (Å²) in [6.07, 6.45) is 2.71. The predicted octanol–water partition coefficient (Wildman–Crippen LogP) is 1.95. The number of hydrogen-bond donors (Lipinski definition) is 1. The van der Waals surface area contributed by atoms with Crippen molar-refractivity contribution in [2.24, 2.45) is 11.1 Å². The van der Waals surface area contributed by atoms with E-state index >= 15 is 0 Å². The SMILES string of the molecule is CC(C)CCCC(=O)SN. The van der Waals surface area contributed by atoms with E-state index in [1.807, 2.05) is 0 Å². The molecule has 3 heteroatoms. The third-order valence-electron chi connectivity index (χ3n) is 1.29. The zero-order valence-electron chi connectivity index (χ0n) is 6.59. The lowest BCUT2D eigenvalue weighted by Crippen LogP contribution is -1.97. The zero-order valence-corrected chi connectivity index (χ0v) is 7.41. The van der Waals surface area contributed by atoms with Gasteiger partial charge in [-0.05, 0) is 24.3 Å². The Balaban J connectivity index is 3.12. The van der Waals surface area contributed by atoms with Gasteiger partial charge < -0.3 is 0 Å². The summed E-state index contributed by atoms with van der Waals surface area (Å²) in [7, 11) is 0. The number of hydrogen-bond acceptors (Lipinski definition) is 3. The van der Waals surface area contributed by atoms with Gasteiger partial charge in [-0.25, -0.2) is 0 Å². The van der Waals surface area contributed by atoms with Crippen molar-refractivity contribution in [2.75, 3.05) is 0 Å². The minimum absolute atomic E-state index is 0.0978. The van der Waals surface area contributed by atoms with Crippen LogP contribution in [0.15, 0.2) is 0 Å². The van der Waals surface area contributed by atoms with Gasteiger partial charge in [-0.2, -0.15) is 0 Å². The van der Waals surface area contributed by atoms with Crippen molar-refractivity contribution in [2.45, 2.75) is 33.1 Å². The van der Waals surface area contributed by atoms with Crippen LogP contribution in [0.2, 0.25) is 0 Å². The Labute approximate surface area is 66.7 Å². The molecule has 0 spiro atoms. The fourth-order valence-corrected chi connectivity index (χ4v) is 0.976. The molecule has 0 aromatic carbocycles. The lowest BCUT2D eigenvalue weighted by molar-refractivity contribution is -0.111. The van der Waals surface area contributed by atoms with E-state index in [2.05, 4.69) is 13.8 Å². The largest absolute Gasteiger partial charge is 0.286 e. The van der Waals surface area contributed by atoms with E-state index in [-0.39, 0.29) is 5.12 Å². The zero-order chi connectivity index (χ0) is 7.98. The van der Waals surface area contributed by atoms with Crippen LogP contribution in [0, 0.1) is 5.92 Å². The van der Waals surface area contributed by atoms with Crippen molar-refractivity contribution in [1.82, 2.24) is 0 Å². The van der Waals surface area contributed by atoms with E-state index in [1.54, 1.807) is 0 Å². The van der Waals surface area contributed by atoms with Gasteiger partial charge in [-0.15, -0.1) is 0 Å². The molecule has 0 saturated heterocycles. The number of carbonyl (C=O) groups is 1. The van der Waals surface area contributed by atoms with Crippen LogP contribution in [-0.2, 0) is 4.79 Å². The maximum absolute atomic E-state index is 10.6. The van der Waals surface area contributed by atoms with Gasteiger partial charge in [-0.1, -0.05) is 20.3 Å². The fourth-order valence-electron chi connectivity index (χ4n) is 0.714. The maximum Gasteiger partial charge on any atom is 0.203 e. The van der Waals surface area contributed by atoms with Gasteiger partial charge in [0.1, 0.15) is 0 Å². The first-order chi connectivity index (χ1) is 4.66. The topological polar surface area (TPSA) is 43.1 Å². The molecule has 0 aliphatic carbocycles. The lowest BCUT2D eigenvalue weighted by atomic mass is 10.1. The molecule has 0 unspecified atom stereocenters. The third-order valence-corrected chi connectivity index (χ3v) is 1.76. The highest BCUT2D eigenvalue weighted by atomic mass is 32.2. The van der Waals surface area contributed by atoms with Crippen LogP contribution in [0.4, 0.5) is 0 Å². The number of carbonyl (C=O) groups excluding carboxylic acids is 1. The Morgan fingerprint density at radius 2 is 2.20 bits per heavy atom. The highest BCUT2D eigenvalue weighted by molar-refractivity contribution is 8.11. The molecule has 0 amide bonds. The molecule has 0 bridgehead atoms. The molecule has 2 nitrogen and oxygen atoms in total. The van der Waals surface area contributed by atoms with E-state index in [9.17, 15) is 4.79 Å². The van der Waals surface area contributed by atoms with Crippen LogP contribution in [-0.4, -0.2) is 5.12 Å². The Hall–Kier alpha value is -0.0200. The molecule has 0 radical (unpaired) electrons. The van der Waals surface area contributed by atoms with Gasteiger partial charge >= 0.3 is 0 Å². The van der Waals surface area contributed by atoms with Gasteiger partial charge in [0.05, 0.1) is 0 Å². The second-order valence-electron chi connectivity index (χ2n) is 2.78. The summed E-state index contributed by atoms with van der Waals surface area (Å²) in [5.74, 6) is 0.690. The first-order valence-corrected chi connectivity index (χ1v) is 4.44. The molecule has 0 aromatic rings. The summed E-state index contributed by atoms with van der Waals surface area (Å²) < 4.78 is 0. The van der Waals surface area contributed by atoms with Crippen molar-refractivity contribution < 1.29 is 4.79 Å². The van der Waals surface area contributed by atoms with E-state index in [1.165, 1.54) is 0 Å². The Kier molecular flexibility index (Phi) is 5.73. The second kappa shape index (κ2) is 5.74. The van der Waals surface area contributed by atoms with Crippen molar-refractivity contribution in [3.8, 4) is 0 Å². The minimum atomic E-state index is 0.0978. The van der Waals surface area contributed by atoms with Crippen LogP contribution in [0.3, 0.4) is 0 Å². The van der Waals surface area contributed by atoms with Crippen LogP contribution in [0.25, 0.3) is 0 Å². The van der Waals surface area contributed by atoms with Crippen LogP contribution in [0.1, 0.15) is 33.1 Å². The summed E-state index contributed by atoms with van der Waals surface area (Å²) in [4.78, 5) is 10.6. The second-order valence-corrected chi connectivity index (χ2v) is 3.47. The average Bonchev–Trinajstić information content (AvgIpc) is 1.87. The molecule has 2 N–H and O–H groups in total. The molecule has 0 fully saturated rings. The molecular weight excluding hydrogens is 146 g/mol. The van der Waals surface area contributed by atoms with E-state index in [0.29, 0.717) is 12.3 Å². The molecule has 0 heterocycles. The molecule has 0 rings (SSSR count). The van der Waals surface area contributed by atoms with Crippen molar-refractivity contribution in [1.29, 1.82) is 0 Å². The smallest absolute Gasteiger partial charge is 0.203 e. The van der Waals surface area contributed by atoms with Crippen LogP contribution in [0.5, 0.6) is 0 Å². The molecule has 0 saturated carbocycles. The lowest BCUT2D eigenvalue weighted by Gasteiger charge is -2.01. The summed E-state index contributed by atoms with van der Waals surface area (Å²) in [6.45, 7) is 4.31. The van der Waals surface area contributed by atoms with Crippen molar-refractivity contribution in [3.63, 3.8) is 0 Å². The number of rotatable bonds is 4. The molecular formula is C7H15NOS. The predicted molar refractivity (Wildman–Crippen MR) is 45.5 cm³/mol. The molecule has 0 aliphatic heterocycles. The maximum atomic E-state index is 10.6. The first-order valence-electron chi connectivity index (χ1n) is 3.56. The Morgan fingerprint density at radius 3 is 2.60 bits per heavy atom. The van der Waals surface area contributed by atoms with Gasteiger partial charge in [-0.3, -0.25) is 9.93 Å². The highest BCUT2D eigenvalue weighted by Gasteiger charge is 1.99. The summed E-state index contributed by atoms with van der Waals surface area (Å²) in [6, 6.07) is 0. The molecule has 60 valence electrons. The van der Waals surface area contributed by atoms with E-state index in [4.69, 9.17) is 5.14 Å². The average molecular weight is 161 g/mol. The molecule has 10 heavy (non-hydrogen) atoms. The molecule has 0 aromatic heterocycles. The third kappa shape index (κ3) is 6.11. The Morgan fingerprint density at radius 1 is 1.60 bits per heavy atom.